The Bertz CT molecular complexity index is 1070. The second-order valence-corrected chi connectivity index (χ2v) is 8.42. The fourth-order valence-corrected chi connectivity index (χ4v) is 4.67. The number of aromatic nitrogens is 2. The van der Waals surface area contributed by atoms with Gasteiger partial charge >= 0.3 is 0 Å². The lowest BCUT2D eigenvalue weighted by Crippen LogP contribution is -2.01. The molecule has 1 aliphatic heterocycles. The standard InChI is InChI=1S/C22H16BrN3S/c23-16-12-10-15(11-13-16)21-18(14-26(25-21)17-6-2-1-3-7-17)22-24-19-8-4-5-9-20(19)27-22/h1-14,22,24H. The molecule has 0 fully saturated rings. The first-order chi connectivity index (χ1) is 13.3. The first-order valence-electron chi connectivity index (χ1n) is 8.71. The fraction of sp³-hybridized carbons (Fsp3) is 0.0455. The predicted molar refractivity (Wildman–Crippen MR) is 115 cm³/mol. The van der Waals surface area contributed by atoms with Crippen molar-refractivity contribution in [2.45, 2.75) is 10.3 Å². The van der Waals surface area contributed by atoms with Crippen molar-refractivity contribution < 1.29 is 0 Å². The predicted octanol–water partition coefficient (Wildman–Crippen LogP) is 6.52. The SMILES string of the molecule is Brc1ccc(-c2nn(-c3ccccc3)cc2C2Nc3ccccc3S2)cc1. The Balaban J connectivity index is 1.61. The van der Waals surface area contributed by atoms with Crippen LogP contribution in [0, 0.1) is 0 Å². The molecule has 3 aromatic carbocycles. The second-order valence-electron chi connectivity index (χ2n) is 6.36. The zero-order valence-electron chi connectivity index (χ0n) is 14.3. The zero-order valence-corrected chi connectivity index (χ0v) is 16.7. The summed E-state index contributed by atoms with van der Waals surface area (Å²) in [7, 11) is 0. The van der Waals surface area contributed by atoms with Crippen LogP contribution in [-0.2, 0) is 0 Å². The lowest BCUT2D eigenvalue weighted by atomic mass is 10.1. The molecule has 1 N–H and O–H groups in total. The number of hydrogen-bond acceptors (Lipinski definition) is 3. The molecule has 1 aliphatic rings. The first kappa shape index (κ1) is 16.7. The fourth-order valence-electron chi connectivity index (χ4n) is 3.25. The Morgan fingerprint density at radius 1 is 0.889 bits per heavy atom. The van der Waals surface area contributed by atoms with E-state index in [1.807, 2.05) is 34.6 Å². The maximum absolute atomic E-state index is 4.94. The summed E-state index contributed by atoms with van der Waals surface area (Å²) in [5.41, 5.74) is 5.54. The largest absolute Gasteiger partial charge is 0.368 e. The summed E-state index contributed by atoms with van der Waals surface area (Å²) in [6, 6.07) is 27.0. The summed E-state index contributed by atoms with van der Waals surface area (Å²) >= 11 is 5.36. The summed E-state index contributed by atoms with van der Waals surface area (Å²) in [4.78, 5) is 1.27. The van der Waals surface area contributed by atoms with Gasteiger partial charge in [0.15, 0.2) is 0 Å². The van der Waals surface area contributed by atoms with E-state index in [1.54, 1.807) is 0 Å². The average Bonchev–Trinajstić information content (AvgIpc) is 3.33. The van der Waals surface area contributed by atoms with Gasteiger partial charge < -0.3 is 5.32 Å². The molecule has 5 rings (SSSR count). The Labute approximate surface area is 170 Å². The number of anilines is 1. The Morgan fingerprint density at radius 3 is 2.41 bits per heavy atom. The molecule has 0 saturated heterocycles. The van der Waals surface area contributed by atoms with Gasteiger partial charge in [-0.05, 0) is 36.4 Å². The van der Waals surface area contributed by atoms with Gasteiger partial charge in [-0.3, -0.25) is 0 Å². The van der Waals surface area contributed by atoms with E-state index < -0.39 is 0 Å². The van der Waals surface area contributed by atoms with Crippen molar-refractivity contribution in [2.75, 3.05) is 5.32 Å². The van der Waals surface area contributed by atoms with Crippen LogP contribution in [0.5, 0.6) is 0 Å². The number of fused-ring (bicyclic) bond motifs is 1. The highest BCUT2D eigenvalue weighted by molar-refractivity contribution is 9.10. The van der Waals surface area contributed by atoms with Crippen LogP contribution in [0.2, 0.25) is 0 Å². The normalized spacial score (nSPS) is 15.4. The number of nitrogens with zero attached hydrogens (tertiary/aromatic N) is 2. The molecule has 1 aromatic heterocycles. The van der Waals surface area contributed by atoms with Crippen molar-refractivity contribution in [3.8, 4) is 16.9 Å². The van der Waals surface area contributed by atoms with Gasteiger partial charge in [0.2, 0.25) is 0 Å². The molecule has 0 amide bonds. The van der Waals surface area contributed by atoms with Gasteiger partial charge in [-0.1, -0.05) is 70.2 Å². The van der Waals surface area contributed by atoms with Crippen LogP contribution < -0.4 is 5.32 Å². The van der Waals surface area contributed by atoms with Crippen LogP contribution in [-0.4, -0.2) is 9.78 Å². The van der Waals surface area contributed by atoms with Crippen molar-refractivity contribution in [3.05, 3.63) is 95.1 Å². The molecule has 5 heteroatoms. The Morgan fingerprint density at radius 2 is 1.63 bits per heavy atom. The third-order valence-electron chi connectivity index (χ3n) is 4.58. The third kappa shape index (κ3) is 3.17. The monoisotopic (exact) mass is 433 g/mol. The zero-order chi connectivity index (χ0) is 18.2. The first-order valence-corrected chi connectivity index (χ1v) is 10.4. The molecule has 0 spiro atoms. The van der Waals surface area contributed by atoms with E-state index >= 15 is 0 Å². The smallest absolute Gasteiger partial charge is 0.106 e. The number of halogens is 1. The van der Waals surface area contributed by atoms with Gasteiger partial charge in [0.25, 0.3) is 0 Å². The quantitative estimate of drug-likeness (QED) is 0.398. The van der Waals surface area contributed by atoms with E-state index in [0.717, 1.165) is 21.4 Å². The summed E-state index contributed by atoms with van der Waals surface area (Å²) in [6.07, 6.45) is 2.14. The minimum atomic E-state index is 0.138. The van der Waals surface area contributed by atoms with Crippen LogP contribution >= 0.6 is 27.7 Å². The highest BCUT2D eigenvalue weighted by Crippen LogP contribution is 2.48. The number of nitrogens with one attached hydrogen (secondary N) is 1. The van der Waals surface area contributed by atoms with Crippen LogP contribution in [0.25, 0.3) is 16.9 Å². The maximum atomic E-state index is 4.94. The topological polar surface area (TPSA) is 29.9 Å². The molecule has 2 heterocycles. The second kappa shape index (κ2) is 6.91. The van der Waals surface area contributed by atoms with Crippen LogP contribution in [0.4, 0.5) is 5.69 Å². The molecule has 0 bridgehead atoms. The molecule has 0 aliphatic carbocycles. The number of rotatable bonds is 3. The van der Waals surface area contributed by atoms with Crippen molar-refractivity contribution in [1.82, 2.24) is 9.78 Å². The Hall–Kier alpha value is -2.50. The number of para-hydroxylation sites is 2. The maximum Gasteiger partial charge on any atom is 0.106 e. The summed E-state index contributed by atoms with van der Waals surface area (Å²) in [5, 5.41) is 8.71. The average molecular weight is 434 g/mol. The minimum Gasteiger partial charge on any atom is -0.368 e. The highest BCUT2D eigenvalue weighted by atomic mass is 79.9. The van der Waals surface area contributed by atoms with E-state index in [1.165, 1.54) is 16.1 Å². The van der Waals surface area contributed by atoms with Crippen LogP contribution in [0.3, 0.4) is 0 Å². The molecule has 132 valence electrons. The van der Waals surface area contributed by atoms with E-state index in [9.17, 15) is 0 Å². The highest BCUT2D eigenvalue weighted by Gasteiger charge is 2.27. The summed E-state index contributed by atoms with van der Waals surface area (Å²) in [5.74, 6) is 0. The molecule has 0 radical (unpaired) electrons. The number of hydrogen-bond donors (Lipinski definition) is 1. The van der Waals surface area contributed by atoms with Gasteiger partial charge in [-0.25, -0.2) is 4.68 Å². The molecule has 1 unspecified atom stereocenters. The van der Waals surface area contributed by atoms with E-state index in [-0.39, 0.29) is 5.37 Å². The van der Waals surface area contributed by atoms with Crippen molar-refractivity contribution >= 4 is 33.4 Å². The molecular formula is C22H16BrN3S. The minimum absolute atomic E-state index is 0.138. The lowest BCUT2D eigenvalue weighted by molar-refractivity contribution is 0.883. The molecular weight excluding hydrogens is 418 g/mol. The number of thioether (sulfide) groups is 1. The van der Waals surface area contributed by atoms with Crippen LogP contribution in [0.1, 0.15) is 10.9 Å². The van der Waals surface area contributed by atoms with Gasteiger partial charge in [0.1, 0.15) is 5.37 Å². The summed E-state index contributed by atoms with van der Waals surface area (Å²) < 4.78 is 3.04. The third-order valence-corrected chi connectivity index (χ3v) is 6.33. The molecule has 27 heavy (non-hydrogen) atoms. The van der Waals surface area contributed by atoms with E-state index in [2.05, 4.69) is 88.1 Å². The Kier molecular flexibility index (Phi) is 4.26. The molecule has 1 atom stereocenters. The lowest BCUT2D eigenvalue weighted by Gasteiger charge is -2.10. The van der Waals surface area contributed by atoms with Crippen molar-refractivity contribution in [3.63, 3.8) is 0 Å². The van der Waals surface area contributed by atoms with Gasteiger partial charge in [0, 0.05) is 32.4 Å². The summed E-state index contributed by atoms with van der Waals surface area (Å²) in [6.45, 7) is 0. The molecule has 4 aromatic rings. The van der Waals surface area contributed by atoms with E-state index in [0.29, 0.717) is 0 Å². The van der Waals surface area contributed by atoms with Gasteiger partial charge in [-0.15, -0.1) is 0 Å². The molecule has 3 nitrogen and oxygen atoms in total. The van der Waals surface area contributed by atoms with Crippen molar-refractivity contribution in [1.29, 1.82) is 0 Å². The van der Waals surface area contributed by atoms with Gasteiger partial charge in [-0.2, -0.15) is 5.10 Å². The van der Waals surface area contributed by atoms with Gasteiger partial charge in [0.05, 0.1) is 11.4 Å². The van der Waals surface area contributed by atoms with Crippen LogP contribution in [0.15, 0.2) is 94.4 Å². The van der Waals surface area contributed by atoms with E-state index in [4.69, 9.17) is 5.10 Å². The van der Waals surface area contributed by atoms with Crippen molar-refractivity contribution in [2.24, 2.45) is 0 Å². The number of benzene rings is 3. The molecule has 0 saturated carbocycles.